The van der Waals surface area contributed by atoms with Crippen molar-refractivity contribution in [2.45, 2.75) is 39.7 Å². The minimum absolute atomic E-state index is 0.245. The summed E-state index contributed by atoms with van der Waals surface area (Å²) in [5.41, 5.74) is 1.61. The van der Waals surface area contributed by atoms with Crippen molar-refractivity contribution in [1.82, 2.24) is 4.90 Å². The quantitative estimate of drug-likeness (QED) is 0.557. The fraction of sp³-hybridized carbons (Fsp3) is 0.529. The summed E-state index contributed by atoms with van der Waals surface area (Å²) in [5.74, 6) is 0.796. The van der Waals surface area contributed by atoms with Crippen LogP contribution in [0.1, 0.15) is 34.1 Å². The Balaban J connectivity index is 2.91. The van der Waals surface area contributed by atoms with Crippen molar-refractivity contribution >= 4 is 12.6 Å². The van der Waals surface area contributed by atoms with Crippen LogP contribution < -0.4 is 0 Å². The Morgan fingerprint density at radius 1 is 1.43 bits per heavy atom. The molecule has 1 atom stereocenters. The van der Waals surface area contributed by atoms with Crippen LogP contribution in [0.15, 0.2) is 35.3 Å². The molecule has 1 unspecified atom stereocenters. The van der Waals surface area contributed by atoms with Crippen LogP contribution in [0.2, 0.25) is 0 Å². The SMILES string of the molecule is C=C(OC(C)(C)C)N(C)CC1=C(C=O)C(C=O)=CC(C)C1. The maximum atomic E-state index is 11.3. The lowest BCUT2D eigenvalue weighted by Gasteiger charge is -2.31. The number of likely N-dealkylation sites (N-methyl/N-ethyl adjacent to an activating group) is 1. The first-order valence-electron chi connectivity index (χ1n) is 7.11. The van der Waals surface area contributed by atoms with Crippen molar-refractivity contribution in [1.29, 1.82) is 0 Å². The van der Waals surface area contributed by atoms with E-state index in [1.54, 1.807) is 0 Å². The summed E-state index contributed by atoms with van der Waals surface area (Å²) in [6, 6.07) is 0. The number of carbonyl (C=O) groups is 2. The molecule has 0 spiro atoms. The van der Waals surface area contributed by atoms with E-state index < -0.39 is 0 Å². The van der Waals surface area contributed by atoms with Crippen molar-refractivity contribution in [3.63, 3.8) is 0 Å². The van der Waals surface area contributed by atoms with Crippen LogP contribution in [0.4, 0.5) is 0 Å². The van der Waals surface area contributed by atoms with Gasteiger partial charge in [-0.1, -0.05) is 13.0 Å². The number of hydrogen-bond acceptors (Lipinski definition) is 4. The molecule has 1 aliphatic carbocycles. The molecule has 0 heterocycles. The molecule has 4 heteroatoms. The third-order valence-corrected chi connectivity index (χ3v) is 3.25. The topological polar surface area (TPSA) is 46.6 Å². The number of nitrogens with zero attached hydrogens (tertiary/aromatic N) is 1. The molecular formula is C17H25NO3. The standard InChI is InChI=1S/C17H25NO3/c1-12-7-14(16(11-20)15(8-12)10-19)9-18(6)13(2)21-17(3,4)5/h8,10-12H,2,7,9H2,1,3-6H3. The molecule has 0 saturated heterocycles. The van der Waals surface area contributed by atoms with E-state index >= 15 is 0 Å². The first kappa shape index (κ1) is 17.2. The number of ether oxygens (including phenoxy) is 1. The van der Waals surface area contributed by atoms with E-state index in [-0.39, 0.29) is 11.5 Å². The lowest BCUT2D eigenvalue weighted by atomic mass is 9.86. The molecule has 0 amide bonds. The van der Waals surface area contributed by atoms with Crippen LogP contribution in [-0.4, -0.2) is 36.7 Å². The highest BCUT2D eigenvalue weighted by Gasteiger charge is 2.22. The smallest absolute Gasteiger partial charge is 0.182 e. The Kier molecular flexibility index (Phi) is 5.53. The Hall–Kier alpha value is -1.84. The second kappa shape index (κ2) is 6.74. The number of carbonyl (C=O) groups excluding carboxylic acids is 2. The average Bonchev–Trinajstić information content (AvgIpc) is 2.35. The van der Waals surface area contributed by atoms with Crippen molar-refractivity contribution in [3.05, 3.63) is 35.3 Å². The van der Waals surface area contributed by atoms with Gasteiger partial charge in [-0.05, 0) is 45.3 Å². The van der Waals surface area contributed by atoms with Gasteiger partial charge >= 0.3 is 0 Å². The molecule has 0 aliphatic heterocycles. The summed E-state index contributed by atoms with van der Waals surface area (Å²) in [7, 11) is 1.87. The third-order valence-electron chi connectivity index (χ3n) is 3.25. The van der Waals surface area contributed by atoms with Crippen molar-refractivity contribution in [2.75, 3.05) is 13.6 Å². The zero-order valence-electron chi connectivity index (χ0n) is 13.6. The monoisotopic (exact) mass is 291 g/mol. The van der Waals surface area contributed by atoms with Crippen molar-refractivity contribution in [2.24, 2.45) is 5.92 Å². The van der Waals surface area contributed by atoms with Gasteiger partial charge in [-0.2, -0.15) is 0 Å². The van der Waals surface area contributed by atoms with E-state index in [0.717, 1.165) is 24.6 Å². The van der Waals surface area contributed by atoms with Crippen LogP contribution in [0, 0.1) is 5.92 Å². The van der Waals surface area contributed by atoms with Crippen molar-refractivity contribution in [3.8, 4) is 0 Å². The molecule has 0 N–H and O–H groups in total. The predicted octanol–water partition coefficient (Wildman–Crippen LogP) is 2.87. The molecule has 0 radical (unpaired) electrons. The van der Waals surface area contributed by atoms with E-state index in [2.05, 4.69) is 6.58 Å². The maximum Gasteiger partial charge on any atom is 0.182 e. The predicted molar refractivity (Wildman–Crippen MR) is 83.6 cm³/mol. The molecule has 116 valence electrons. The van der Waals surface area contributed by atoms with Gasteiger partial charge in [-0.25, -0.2) is 0 Å². The summed E-state index contributed by atoms with van der Waals surface area (Å²) >= 11 is 0. The van der Waals surface area contributed by atoms with E-state index in [1.807, 2.05) is 45.7 Å². The normalized spacial score (nSPS) is 18.9. The van der Waals surface area contributed by atoms with Gasteiger partial charge in [0.1, 0.15) is 11.9 Å². The van der Waals surface area contributed by atoms with E-state index in [0.29, 0.717) is 23.6 Å². The van der Waals surface area contributed by atoms with Gasteiger partial charge in [0.15, 0.2) is 12.2 Å². The number of rotatable bonds is 6. The molecule has 1 rings (SSSR count). The molecule has 0 aromatic carbocycles. The fourth-order valence-electron chi connectivity index (χ4n) is 2.37. The Bertz CT molecular complexity index is 495. The fourth-order valence-corrected chi connectivity index (χ4v) is 2.37. The largest absolute Gasteiger partial charge is 0.474 e. The van der Waals surface area contributed by atoms with Gasteiger partial charge < -0.3 is 9.64 Å². The highest BCUT2D eigenvalue weighted by atomic mass is 16.5. The molecule has 0 fully saturated rings. The zero-order valence-corrected chi connectivity index (χ0v) is 13.6. The summed E-state index contributed by atoms with van der Waals surface area (Å²) in [4.78, 5) is 24.3. The molecule has 1 aliphatic rings. The molecule has 0 aromatic rings. The molecule has 21 heavy (non-hydrogen) atoms. The average molecular weight is 291 g/mol. The van der Waals surface area contributed by atoms with Gasteiger partial charge in [0.2, 0.25) is 0 Å². The van der Waals surface area contributed by atoms with Crippen LogP contribution in [-0.2, 0) is 14.3 Å². The second-order valence-electron chi connectivity index (χ2n) is 6.52. The number of hydrogen-bond donors (Lipinski definition) is 0. The number of aldehydes is 2. The lowest BCUT2D eigenvalue weighted by Crippen LogP contribution is -2.29. The van der Waals surface area contributed by atoms with Gasteiger partial charge in [0.05, 0.1) is 0 Å². The maximum absolute atomic E-state index is 11.3. The molecule has 0 bridgehead atoms. The van der Waals surface area contributed by atoms with Crippen LogP contribution >= 0.6 is 0 Å². The minimum atomic E-state index is -0.319. The summed E-state index contributed by atoms with van der Waals surface area (Å²) in [6.07, 6.45) is 4.13. The first-order chi connectivity index (χ1) is 9.67. The van der Waals surface area contributed by atoms with Gasteiger partial charge in [-0.3, -0.25) is 9.59 Å². The third kappa shape index (κ3) is 4.88. The van der Waals surface area contributed by atoms with Crippen LogP contribution in [0.25, 0.3) is 0 Å². The Morgan fingerprint density at radius 3 is 2.52 bits per heavy atom. The summed E-state index contributed by atoms with van der Waals surface area (Å²) in [6.45, 7) is 12.4. The molecule has 0 aromatic heterocycles. The second-order valence-corrected chi connectivity index (χ2v) is 6.52. The molecular weight excluding hydrogens is 266 g/mol. The van der Waals surface area contributed by atoms with Gasteiger partial charge in [-0.15, -0.1) is 0 Å². The molecule has 4 nitrogen and oxygen atoms in total. The highest BCUT2D eigenvalue weighted by Crippen LogP contribution is 2.28. The zero-order chi connectivity index (χ0) is 16.2. The van der Waals surface area contributed by atoms with Gasteiger partial charge in [0, 0.05) is 24.7 Å². The summed E-state index contributed by atoms with van der Waals surface area (Å²) in [5, 5.41) is 0. The first-order valence-corrected chi connectivity index (χ1v) is 7.11. The van der Waals surface area contributed by atoms with Crippen LogP contribution in [0.3, 0.4) is 0 Å². The highest BCUT2D eigenvalue weighted by molar-refractivity contribution is 5.95. The van der Waals surface area contributed by atoms with Crippen LogP contribution in [0.5, 0.6) is 0 Å². The van der Waals surface area contributed by atoms with E-state index in [1.165, 1.54) is 0 Å². The van der Waals surface area contributed by atoms with Crippen molar-refractivity contribution < 1.29 is 14.3 Å². The van der Waals surface area contributed by atoms with E-state index in [9.17, 15) is 9.59 Å². The molecule has 0 saturated carbocycles. The minimum Gasteiger partial charge on any atom is -0.474 e. The Labute approximate surface area is 127 Å². The number of allylic oxidation sites excluding steroid dienone is 3. The van der Waals surface area contributed by atoms with Gasteiger partial charge in [0.25, 0.3) is 0 Å². The summed E-state index contributed by atoms with van der Waals surface area (Å²) < 4.78 is 5.73. The Morgan fingerprint density at radius 2 is 2.05 bits per heavy atom. The van der Waals surface area contributed by atoms with E-state index in [4.69, 9.17) is 4.74 Å². The lowest BCUT2D eigenvalue weighted by molar-refractivity contribution is -0.107.